The maximum atomic E-state index is 15.0. The maximum absolute atomic E-state index is 15.0. The zero-order valence-electron chi connectivity index (χ0n) is 23.1. The molecule has 6 rings (SSSR count). The summed E-state index contributed by atoms with van der Waals surface area (Å²) in [5.41, 5.74) is -0.206. The van der Waals surface area contributed by atoms with Crippen molar-refractivity contribution in [1.29, 1.82) is 0 Å². The Hall–Kier alpha value is -4.71. The van der Waals surface area contributed by atoms with E-state index in [2.05, 4.69) is 11.6 Å². The molecule has 0 bridgehead atoms. The first kappa shape index (κ1) is 27.5. The lowest BCUT2D eigenvalue weighted by Crippen LogP contribution is -2.63. The van der Waals surface area contributed by atoms with Crippen molar-refractivity contribution in [1.82, 2.24) is 24.0 Å². The first-order chi connectivity index (χ1) is 20.0. The summed E-state index contributed by atoms with van der Waals surface area (Å²) in [5.74, 6) is -1.52. The summed E-state index contributed by atoms with van der Waals surface area (Å²) in [7, 11) is 1.51. The fraction of sp³-hybridized carbons (Fsp3) is 0.276. The number of fused-ring (bicyclic) bond motifs is 5. The number of hydrogen-bond donors (Lipinski definition) is 1. The van der Waals surface area contributed by atoms with Crippen LogP contribution in [0.3, 0.4) is 0 Å². The van der Waals surface area contributed by atoms with Gasteiger partial charge in [-0.2, -0.15) is 0 Å². The van der Waals surface area contributed by atoms with E-state index in [-0.39, 0.29) is 70.3 Å². The Labute approximate surface area is 244 Å². The van der Waals surface area contributed by atoms with Gasteiger partial charge >= 0.3 is 0 Å². The second-order valence-electron chi connectivity index (χ2n) is 10.5. The van der Waals surface area contributed by atoms with Gasteiger partial charge in [-0.1, -0.05) is 24.2 Å². The number of anilines is 2. The van der Waals surface area contributed by atoms with Gasteiger partial charge in [0.15, 0.2) is 5.65 Å². The molecular formula is C29H27ClFN7O4. The van der Waals surface area contributed by atoms with E-state index in [1.807, 2.05) is 13.8 Å². The smallest absolute Gasteiger partial charge is 0.285 e. The van der Waals surface area contributed by atoms with Crippen LogP contribution >= 0.6 is 11.6 Å². The molecule has 1 atom stereocenters. The lowest BCUT2D eigenvalue weighted by molar-refractivity contribution is -0.128. The molecule has 1 N–H and O–H groups in total. The highest BCUT2D eigenvalue weighted by atomic mass is 35.5. The Bertz CT molecular complexity index is 1850. The van der Waals surface area contributed by atoms with E-state index >= 15 is 4.39 Å². The van der Waals surface area contributed by atoms with E-state index in [1.54, 1.807) is 27.9 Å². The second kappa shape index (κ2) is 9.98. The Morgan fingerprint density at radius 3 is 2.69 bits per heavy atom. The molecule has 0 radical (unpaired) electrons. The molecule has 3 aromatic heterocycles. The van der Waals surface area contributed by atoms with Crippen molar-refractivity contribution in [3.05, 3.63) is 70.5 Å². The van der Waals surface area contributed by atoms with Gasteiger partial charge in [-0.15, -0.1) is 0 Å². The highest BCUT2D eigenvalue weighted by molar-refractivity contribution is 6.34. The molecule has 1 saturated heterocycles. The molecule has 0 aliphatic carbocycles. The molecule has 0 spiro atoms. The number of carbonyl (C=O) groups is 2. The molecule has 0 saturated carbocycles. The largest absolute Gasteiger partial charge is 0.507 e. The van der Waals surface area contributed by atoms with Crippen LogP contribution in [0.5, 0.6) is 5.75 Å². The summed E-state index contributed by atoms with van der Waals surface area (Å²) in [5, 5.41) is 11.0. The Balaban J connectivity index is 1.71. The monoisotopic (exact) mass is 591 g/mol. The van der Waals surface area contributed by atoms with E-state index < -0.39 is 17.4 Å². The van der Waals surface area contributed by atoms with Crippen molar-refractivity contribution in [3.8, 4) is 23.0 Å². The van der Waals surface area contributed by atoms with E-state index in [0.29, 0.717) is 17.6 Å². The van der Waals surface area contributed by atoms with Crippen LogP contribution in [0.4, 0.5) is 15.8 Å². The predicted molar refractivity (Wildman–Crippen MR) is 157 cm³/mol. The van der Waals surface area contributed by atoms with Gasteiger partial charge in [0.1, 0.15) is 23.3 Å². The number of carbonyl (C=O) groups excluding carboxylic acids is 2. The fourth-order valence-corrected chi connectivity index (χ4v) is 6.01. The van der Waals surface area contributed by atoms with Crippen LogP contribution in [-0.4, -0.2) is 73.6 Å². The number of rotatable bonds is 4. The van der Waals surface area contributed by atoms with Crippen molar-refractivity contribution < 1.29 is 19.1 Å². The van der Waals surface area contributed by atoms with Crippen molar-refractivity contribution >= 4 is 45.8 Å². The molecule has 216 valence electrons. The number of aromatic hydroxyl groups is 1. The molecule has 1 fully saturated rings. The van der Waals surface area contributed by atoms with Gasteiger partial charge < -0.3 is 24.4 Å². The summed E-state index contributed by atoms with van der Waals surface area (Å²) >= 11 is 6.74. The maximum Gasteiger partial charge on any atom is 0.285 e. The third-order valence-corrected chi connectivity index (χ3v) is 8.08. The lowest BCUT2D eigenvalue weighted by Gasteiger charge is -2.47. The fourth-order valence-electron chi connectivity index (χ4n) is 5.76. The normalized spacial score (nSPS) is 16.7. The Morgan fingerprint density at radius 1 is 1.24 bits per heavy atom. The molecule has 2 amide bonds. The van der Waals surface area contributed by atoms with Crippen LogP contribution in [0, 0.1) is 5.82 Å². The first-order valence-corrected chi connectivity index (χ1v) is 13.7. The molecule has 42 heavy (non-hydrogen) atoms. The summed E-state index contributed by atoms with van der Waals surface area (Å²) < 4.78 is 18.1. The van der Waals surface area contributed by atoms with Crippen LogP contribution in [0.15, 0.2) is 54.1 Å². The van der Waals surface area contributed by atoms with Gasteiger partial charge in [-0.3, -0.25) is 14.4 Å². The second-order valence-corrected chi connectivity index (χ2v) is 10.9. The molecule has 4 aromatic rings. The number of aromatic nitrogens is 4. The number of pyridine rings is 2. The number of piperazine rings is 1. The zero-order valence-corrected chi connectivity index (χ0v) is 23.8. The van der Waals surface area contributed by atoms with E-state index in [0.717, 1.165) is 0 Å². The number of phenolic OH excluding ortho intramolecular Hbond substituents is 1. The highest BCUT2D eigenvalue weighted by Gasteiger charge is 2.44. The number of hydrogen-bond acceptors (Lipinski definition) is 7. The number of halogens is 2. The van der Waals surface area contributed by atoms with Crippen LogP contribution in [0.2, 0.25) is 5.02 Å². The van der Waals surface area contributed by atoms with Crippen molar-refractivity contribution in [2.24, 2.45) is 0 Å². The summed E-state index contributed by atoms with van der Waals surface area (Å²) in [6.07, 6.45) is 4.47. The minimum atomic E-state index is -0.773. The van der Waals surface area contributed by atoms with E-state index in [1.165, 1.54) is 45.7 Å². The van der Waals surface area contributed by atoms with Crippen LogP contribution in [0.1, 0.15) is 19.9 Å². The number of nitrogens with zero attached hydrogens (tertiary/aromatic N) is 7. The Kier molecular flexibility index (Phi) is 6.53. The molecule has 2 aliphatic heterocycles. The van der Waals surface area contributed by atoms with Gasteiger partial charge in [0.2, 0.25) is 11.9 Å². The topological polar surface area (TPSA) is 117 Å². The molecule has 2 aliphatic rings. The summed E-state index contributed by atoms with van der Waals surface area (Å²) in [4.78, 5) is 54.3. The third kappa shape index (κ3) is 3.97. The van der Waals surface area contributed by atoms with E-state index in [9.17, 15) is 19.5 Å². The van der Waals surface area contributed by atoms with E-state index in [4.69, 9.17) is 16.6 Å². The number of phenols is 1. The molecule has 1 aromatic carbocycles. The Morgan fingerprint density at radius 2 is 2.00 bits per heavy atom. The van der Waals surface area contributed by atoms with Crippen molar-refractivity contribution in [2.45, 2.75) is 25.9 Å². The predicted octanol–water partition coefficient (Wildman–Crippen LogP) is 3.51. The third-order valence-electron chi connectivity index (χ3n) is 7.79. The highest BCUT2D eigenvalue weighted by Crippen LogP contribution is 2.44. The van der Waals surface area contributed by atoms with Crippen LogP contribution < -0.4 is 15.4 Å². The van der Waals surface area contributed by atoms with Gasteiger partial charge in [0.05, 0.1) is 28.5 Å². The minimum Gasteiger partial charge on any atom is -0.507 e. The summed E-state index contributed by atoms with van der Waals surface area (Å²) in [6.45, 7) is 8.04. The average molecular weight is 592 g/mol. The molecule has 0 unspecified atom stereocenters. The minimum absolute atomic E-state index is 0.0269. The molecule has 11 nitrogen and oxygen atoms in total. The quantitative estimate of drug-likeness (QED) is 0.361. The molecule has 5 heterocycles. The first-order valence-electron chi connectivity index (χ1n) is 13.3. The number of likely N-dealkylation sites (N-methyl/N-ethyl adjacent to an activating group) is 1. The number of amides is 2. The van der Waals surface area contributed by atoms with Gasteiger partial charge in [-0.05, 0) is 38.1 Å². The number of benzene rings is 1. The number of imidazole rings is 1. The van der Waals surface area contributed by atoms with Crippen molar-refractivity contribution in [2.75, 3.05) is 36.5 Å². The average Bonchev–Trinajstić information content (AvgIpc) is 3.45. The zero-order chi connectivity index (χ0) is 30.0. The van der Waals surface area contributed by atoms with Gasteiger partial charge in [0.25, 0.3) is 11.5 Å². The van der Waals surface area contributed by atoms with Gasteiger partial charge in [-0.25, -0.2) is 18.9 Å². The lowest BCUT2D eigenvalue weighted by atomic mass is 10.0. The SMILES string of the molecule is C=CC(=O)N1CCN2c3c(c(=O)n(-c4nccn4C(C)C)c4nc(-c5c(O)cccc5F)c(Cl)cc34)N(C)C(=O)[C@H]2C1. The van der Waals surface area contributed by atoms with Crippen molar-refractivity contribution in [3.63, 3.8) is 0 Å². The molecular weight excluding hydrogens is 565 g/mol. The van der Waals surface area contributed by atoms with Crippen LogP contribution in [-0.2, 0) is 9.59 Å². The summed E-state index contributed by atoms with van der Waals surface area (Å²) in [6, 6.07) is 4.55. The van der Waals surface area contributed by atoms with Gasteiger partial charge in [0, 0.05) is 44.0 Å². The standard InChI is InChI=1S/C29H27ClFN7O4/c1-5-21(40)35-11-12-37-19(14-35)27(41)34(4)25-24(37)16-13-17(30)23(22-18(31)7-6-8-20(22)39)33-26(16)38(28(25)42)29-32-9-10-36(29)15(2)3/h5-10,13,15,19,39H,1,11-12,14H2,2-4H3/t19-/m1/s1. The molecule has 13 heteroatoms. The van der Waals surface area contributed by atoms with Crippen LogP contribution in [0.25, 0.3) is 28.2 Å².